The Labute approximate surface area is 146 Å². The standard InChI is InChI=1S/C17H19ClN4O2/c1-24-15-12-13(5-6-14(15)18)20-17(23)22-10-8-21(9-11-22)16-4-2-3-7-19-16/h2-7,12H,8-11H2,1H3,(H,20,23). The molecular formula is C17H19ClN4O2. The molecule has 1 aliphatic heterocycles. The Morgan fingerprint density at radius 3 is 2.67 bits per heavy atom. The Morgan fingerprint density at radius 2 is 2.00 bits per heavy atom. The summed E-state index contributed by atoms with van der Waals surface area (Å²) in [6.45, 7) is 2.81. The monoisotopic (exact) mass is 346 g/mol. The number of rotatable bonds is 3. The van der Waals surface area contributed by atoms with E-state index in [2.05, 4.69) is 15.2 Å². The van der Waals surface area contributed by atoms with E-state index in [9.17, 15) is 4.79 Å². The van der Waals surface area contributed by atoms with Crippen LogP contribution in [0.5, 0.6) is 5.75 Å². The fraction of sp³-hybridized carbons (Fsp3) is 0.294. The van der Waals surface area contributed by atoms with Gasteiger partial charge in [0.2, 0.25) is 0 Å². The Bertz CT molecular complexity index is 703. The van der Waals surface area contributed by atoms with E-state index in [1.165, 1.54) is 0 Å². The van der Waals surface area contributed by atoms with Crippen LogP contribution in [-0.4, -0.2) is 49.2 Å². The van der Waals surface area contributed by atoms with E-state index in [0.717, 1.165) is 18.9 Å². The van der Waals surface area contributed by atoms with Crippen LogP contribution in [0.15, 0.2) is 42.6 Å². The second-order valence-corrected chi connectivity index (χ2v) is 5.85. The number of pyridine rings is 1. The molecule has 126 valence electrons. The van der Waals surface area contributed by atoms with E-state index >= 15 is 0 Å². The molecule has 1 aromatic carbocycles. The fourth-order valence-corrected chi connectivity index (χ4v) is 2.81. The summed E-state index contributed by atoms with van der Waals surface area (Å²) in [4.78, 5) is 20.7. The largest absolute Gasteiger partial charge is 0.495 e. The zero-order chi connectivity index (χ0) is 16.9. The molecule has 24 heavy (non-hydrogen) atoms. The van der Waals surface area contributed by atoms with E-state index < -0.39 is 0 Å². The molecule has 0 aliphatic carbocycles. The molecule has 0 radical (unpaired) electrons. The molecule has 3 rings (SSSR count). The number of nitrogens with zero attached hydrogens (tertiary/aromatic N) is 3. The third-order valence-corrected chi connectivity index (χ3v) is 4.25. The Balaban J connectivity index is 1.57. The van der Waals surface area contributed by atoms with Crippen molar-refractivity contribution in [1.29, 1.82) is 0 Å². The van der Waals surface area contributed by atoms with Gasteiger partial charge in [-0.2, -0.15) is 0 Å². The lowest BCUT2D eigenvalue weighted by Crippen LogP contribution is -2.50. The molecule has 0 spiro atoms. The molecule has 1 fully saturated rings. The highest BCUT2D eigenvalue weighted by atomic mass is 35.5. The van der Waals surface area contributed by atoms with E-state index in [-0.39, 0.29) is 6.03 Å². The molecule has 1 aromatic heterocycles. The number of aromatic nitrogens is 1. The maximum absolute atomic E-state index is 12.4. The SMILES string of the molecule is COc1cc(NC(=O)N2CCN(c3ccccn3)CC2)ccc1Cl. The maximum Gasteiger partial charge on any atom is 0.321 e. The molecule has 0 atom stereocenters. The summed E-state index contributed by atoms with van der Waals surface area (Å²) in [5.41, 5.74) is 0.661. The number of amides is 2. The number of hydrogen-bond donors (Lipinski definition) is 1. The van der Waals surface area contributed by atoms with Crippen molar-refractivity contribution in [1.82, 2.24) is 9.88 Å². The number of carbonyl (C=O) groups is 1. The number of nitrogens with one attached hydrogen (secondary N) is 1. The summed E-state index contributed by atoms with van der Waals surface area (Å²) in [6, 6.07) is 10.9. The van der Waals surface area contributed by atoms with Crippen molar-refractivity contribution in [3.05, 3.63) is 47.6 Å². The van der Waals surface area contributed by atoms with Crippen LogP contribution < -0.4 is 15.0 Å². The lowest BCUT2D eigenvalue weighted by atomic mass is 10.3. The van der Waals surface area contributed by atoms with Crippen LogP contribution in [0, 0.1) is 0 Å². The molecule has 1 saturated heterocycles. The molecule has 0 bridgehead atoms. The van der Waals surface area contributed by atoms with Gasteiger partial charge in [0, 0.05) is 44.1 Å². The van der Waals surface area contributed by atoms with Crippen molar-refractivity contribution in [2.75, 3.05) is 43.5 Å². The molecule has 7 heteroatoms. The number of benzene rings is 1. The van der Waals surface area contributed by atoms with Gasteiger partial charge in [0.05, 0.1) is 12.1 Å². The second-order valence-electron chi connectivity index (χ2n) is 5.44. The van der Waals surface area contributed by atoms with Crippen LogP contribution in [0.1, 0.15) is 0 Å². The first-order valence-corrected chi connectivity index (χ1v) is 8.10. The van der Waals surface area contributed by atoms with Gasteiger partial charge in [-0.05, 0) is 24.3 Å². The smallest absolute Gasteiger partial charge is 0.321 e. The first-order chi connectivity index (χ1) is 11.7. The summed E-state index contributed by atoms with van der Waals surface area (Å²) in [5.74, 6) is 1.48. The molecular weight excluding hydrogens is 328 g/mol. The first kappa shape index (κ1) is 16.4. The van der Waals surface area contributed by atoms with Gasteiger partial charge in [-0.3, -0.25) is 0 Å². The molecule has 6 nitrogen and oxygen atoms in total. The molecule has 2 amide bonds. The van der Waals surface area contributed by atoms with Crippen molar-refractivity contribution < 1.29 is 9.53 Å². The summed E-state index contributed by atoms with van der Waals surface area (Å²) in [5, 5.41) is 3.40. The number of halogens is 1. The van der Waals surface area contributed by atoms with Crippen molar-refractivity contribution in [2.24, 2.45) is 0 Å². The number of anilines is 2. The van der Waals surface area contributed by atoms with Gasteiger partial charge in [-0.15, -0.1) is 0 Å². The van der Waals surface area contributed by atoms with Crippen LogP contribution >= 0.6 is 11.6 Å². The normalized spacial score (nSPS) is 14.4. The van der Waals surface area contributed by atoms with Crippen molar-refractivity contribution in [3.63, 3.8) is 0 Å². The molecule has 2 aromatic rings. The maximum atomic E-state index is 12.4. The quantitative estimate of drug-likeness (QED) is 0.927. The van der Waals surface area contributed by atoms with E-state index in [4.69, 9.17) is 16.3 Å². The van der Waals surface area contributed by atoms with E-state index in [1.54, 1.807) is 36.4 Å². The number of hydrogen-bond acceptors (Lipinski definition) is 4. The minimum absolute atomic E-state index is 0.125. The number of ether oxygens (including phenoxy) is 1. The van der Waals surface area contributed by atoms with Gasteiger partial charge >= 0.3 is 6.03 Å². The summed E-state index contributed by atoms with van der Waals surface area (Å²) in [7, 11) is 1.55. The Kier molecular flexibility index (Phi) is 5.05. The Hall–Kier alpha value is -2.47. The van der Waals surface area contributed by atoms with Crippen molar-refractivity contribution in [2.45, 2.75) is 0 Å². The number of carbonyl (C=O) groups excluding carboxylic acids is 1. The zero-order valence-electron chi connectivity index (χ0n) is 13.4. The topological polar surface area (TPSA) is 57.7 Å². The van der Waals surface area contributed by atoms with Crippen molar-refractivity contribution >= 4 is 29.1 Å². The minimum Gasteiger partial charge on any atom is -0.495 e. The van der Waals surface area contributed by atoms with Crippen LogP contribution in [0.4, 0.5) is 16.3 Å². The highest BCUT2D eigenvalue weighted by molar-refractivity contribution is 6.32. The minimum atomic E-state index is -0.125. The van der Waals surface area contributed by atoms with Gasteiger partial charge in [0.1, 0.15) is 11.6 Å². The number of piperazine rings is 1. The fourth-order valence-electron chi connectivity index (χ4n) is 2.62. The Morgan fingerprint density at radius 1 is 1.21 bits per heavy atom. The number of methoxy groups -OCH3 is 1. The number of urea groups is 1. The third-order valence-electron chi connectivity index (χ3n) is 3.94. The van der Waals surface area contributed by atoms with Gasteiger partial charge < -0.3 is 19.9 Å². The van der Waals surface area contributed by atoms with Gasteiger partial charge in [-0.25, -0.2) is 9.78 Å². The predicted molar refractivity (Wildman–Crippen MR) is 95.0 cm³/mol. The lowest BCUT2D eigenvalue weighted by molar-refractivity contribution is 0.208. The molecule has 0 unspecified atom stereocenters. The third kappa shape index (κ3) is 3.71. The molecule has 1 N–H and O–H groups in total. The van der Waals surface area contributed by atoms with Crippen LogP contribution in [0.3, 0.4) is 0 Å². The van der Waals surface area contributed by atoms with Gasteiger partial charge in [0.25, 0.3) is 0 Å². The lowest BCUT2D eigenvalue weighted by Gasteiger charge is -2.35. The average molecular weight is 347 g/mol. The summed E-state index contributed by atoms with van der Waals surface area (Å²) < 4.78 is 5.17. The van der Waals surface area contributed by atoms with Gasteiger partial charge in [0.15, 0.2) is 0 Å². The molecule has 2 heterocycles. The van der Waals surface area contributed by atoms with Crippen LogP contribution in [-0.2, 0) is 0 Å². The molecule has 1 aliphatic rings. The first-order valence-electron chi connectivity index (χ1n) is 7.73. The van der Waals surface area contributed by atoms with Crippen LogP contribution in [0.2, 0.25) is 5.02 Å². The van der Waals surface area contributed by atoms with E-state index in [0.29, 0.717) is 29.5 Å². The second kappa shape index (κ2) is 7.40. The summed E-state index contributed by atoms with van der Waals surface area (Å²) >= 11 is 6.00. The van der Waals surface area contributed by atoms with Crippen LogP contribution in [0.25, 0.3) is 0 Å². The van der Waals surface area contributed by atoms with E-state index in [1.807, 2.05) is 18.2 Å². The van der Waals surface area contributed by atoms with Crippen molar-refractivity contribution in [3.8, 4) is 5.75 Å². The highest BCUT2D eigenvalue weighted by Crippen LogP contribution is 2.27. The zero-order valence-corrected chi connectivity index (χ0v) is 14.2. The highest BCUT2D eigenvalue weighted by Gasteiger charge is 2.22. The molecule has 0 saturated carbocycles. The summed E-state index contributed by atoms with van der Waals surface area (Å²) in [6.07, 6.45) is 1.78. The predicted octanol–water partition coefficient (Wildman–Crippen LogP) is 3.10. The average Bonchev–Trinajstić information content (AvgIpc) is 2.64. The van der Waals surface area contributed by atoms with Gasteiger partial charge in [-0.1, -0.05) is 17.7 Å².